The molecule has 0 aliphatic carbocycles. The Kier molecular flexibility index (Phi) is 5.89. The van der Waals surface area contributed by atoms with E-state index in [0.29, 0.717) is 18.7 Å². The highest BCUT2D eigenvalue weighted by Gasteiger charge is 2.38. The number of nitrogen functional groups attached to an aromatic ring is 1. The van der Waals surface area contributed by atoms with Crippen molar-refractivity contribution in [3.05, 3.63) is 59.8 Å². The molecule has 1 saturated heterocycles. The Bertz CT molecular complexity index is 1810. The number of nitrogens with two attached hydrogens (primary N) is 1. The Morgan fingerprint density at radius 1 is 1.02 bits per heavy atom. The summed E-state index contributed by atoms with van der Waals surface area (Å²) in [6.45, 7) is 0.431. The highest BCUT2D eigenvalue weighted by molar-refractivity contribution is 5.95. The Hall–Kier alpha value is -4.68. The molecule has 0 unspecified atom stereocenters. The maximum absolute atomic E-state index is 16.2. The number of hydrogen-bond acceptors (Lipinski definition) is 6. The van der Waals surface area contributed by atoms with Gasteiger partial charge in [-0.05, 0) is 43.2 Å². The SMILES string of the molecule is COc1cc2onc(N)c2cc1-n1nc(C(F)(F)F)c2ccc(-c3ccc(N4CCCCC4=O)cc3F)c(F)c21. The van der Waals surface area contributed by atoms with Crippen LogP contribution in [0.2, 0.25) is 0 Å². The lowest BCUT2D eigenvalue weighted by atomic mass is 10.0. The van der Waals surface area contributed by atoms with Crippen LogP contribution < -0.4 is 15.4 Å². The Labute approximate surface area is 222 Å². The molecule has 8 nitrogen and oxygen atoms in total. The van der Waals surface area contributed by atoms with Crippen molar-refractivity contribution in [2.24, 2.45) is 0 Å². The maximum Gasteiger partial charge on any atom is 0.435 e. The summed E-state index contributed by atoms with van der Waals surface area (Å²) in [6, 6.07) is 8.68. The summed E-state index contributed by atoms with van der Waals surface area (Å²) >= 11 is 0. The van der Waals surface area contributed by atoms with Gasteiger partial charge in [-0.15, -0.1) is 0 Å². The fourth-order valence-corrected chi connectivity index (χ4v) is 5.03. The van der Waals surface area contributed by atoms with Gasteiger partial charge >= 0.3 is 6.18 Å². The minimum absolute atomic E-state index is 0.00769. The Balaban J connectivity index is 1.57. The van der Waals surface area contributed by atoms with Crippen LogP contribution in [0.1, 0.15) is 25.0 Å². The van der Waals surface area contributed by atoms with Gasteiger partial charge in [0.25, 0.3) is 0 Å². The van der Waals surface area contributed by atoms with E-state index in [-0.39, 0.29) is 45.3 Å². The van der Waals surface area contributed by atoms with Gasteiger partial charge in [-0.3, -0.25) is 4.79 Å². The number of rotatable bonds is 4. The van der Waals surface area contributed by atoms with Crippen LogP contribution in [0, 0.1) is 11.6 Å². The molecule has 3 aromatic carbocycles. The maximum atomic E-state index is 16.2. The molecule has 0 bridgehead atoms. The molecule has 2 N–H and O–H groups in total. The van der Waals surface area contributed by atoms with E-state index < -0.39 is 34.4 Å². The van der Waals surface area contributed by atoms with Crippen LogP contribution in [0.3, 0.4) is 0 Å². The quantitative estimate of drug-likeness (QED) is 0.263. The first-order chi connectivity index (χ1) is 19.1. The first-order valence-corrected chi connectivity index (χ1v) is 12.2. The molecule has 5 aromatic rings. The third-order valence-electron chi connectivity index (χ3n) is 6.96. The lowest BCUT2D eigenvalue weighted by molar-refractivity contribution is -0.140. The molecule has 1 fully saturated rings. The predicted octanol–water partition coefficient (Wildman–Crippen LogP) is 6.24. The summed E-state index contributed by atoms with van der Waals surface area (Å²) in [5, 5.41) is 7.05. The van der Waals surface area contributed by atoms with Crippen molar-refractivity contribution < 1.29 is 36.0 Å². The first-order valence-electron chi connectivity index (χ1n) is 12.2. The van der Waals surface area contributed by atoms with Crippen LogP contribution in [0.15, 0.2) is 47.0 Å². The summed E-state index contributed by atoms with van der Waals surface area (Å²) in [5.74, 6) is -2.15. The van der Waals surface area contributed by atoms with E-state index in [4.69, 9.17) is 15.0 Å². The second kappa shape index (κ2) is 9.21. The second-order valence-electron chi connectivity index (χ2n) is 9.34. The average molecular weight is 557 g/mol. The van der Waals surface area contributed by atoms with Crippen molar-refractivity contribution >= 4 is 39.3 Å². The largest absolute Gasteiger partial charge is 0.494 e. The van der Waals surface area contributed by atoms with Crippen molar-refractivity contribution in [1.82, 2.24) is 14.9 Å². The van der Waals surface area contributed by atoms with Crippen LogP contribution >= 0.6 is 0 Å². The zero-order valence-corrected chi connectivity index (χ0v) is 20.9. The topological polar surface area (TPSA) is 99.4 Å². The summed E-state index contributed by atoms with van der Waals surface area (Å²) in [6.07, 6.45) is -3.08. The van der Waals surface area contributed by atoms with Crippen molar-refractivity contribution in [3.63, 3.8) is 0 Å². The average Bonchev–Trinajstić information content (AvgIpc) is 3.50. The zero-order valence-electron chi connectivity index (χ0n) is 20.9. The van der Waals surface area contributed by atoms with E-state index in [1.54, 1.807) is 0 Å². The number of benzene rings is 3. The highest BCUT2D eigenvalue weighted by Crippen LogP contribution is 2.41. The lowest BCUT2D eigenvalue weighted by Crippen LogP contribution is -2.35. The molecule has 6 rings (SSSR count). The lowest BCUT2D eigenvalue weighted by Gasteiger charge is -2.27. The van der Waals surface area contributed by atoms with E-state index in [9.17, 15) is 18.0 Å². The van der Waals surface area contributed by atoms with Gasteiger partial charge in [0.1, 0.15) is 22.8 Å². The summed E-state index contributed by atoms with van der Waals surface area (Å²) in [7, 11) is 1.27. The number of alkyl halides is 3. The summed E-state index contributed by atoms with van der Waals surface area (Å²) in [5.41, 5.74) is 3.90. The van der Waals surface area contributed by atoms with Crippen LogP contribution in [0.25, 0.3) is 38.7 Å². The Morgan fingerprint density at radius 2 is 1.80 bits per heavy atom. The molecule has 40 heavy (non-hydrogen) atoms. The van der Waals surface area contributed by atoms with E-state index in [0.717, 1.165) is 35.7 Å². The minimum Gasteiger partial charge on any atom is -0.494 e. The fraction of sp³-hybridized carbons (Fsp3) is 0.222. The molecular formula is C27H20F5N5O3. The van der Waals surface area contributed by atoms with E-state index in [1.807, 2.05) is 0 Å². The zero-order chi connectivity index (χ0) is 28.3. The van der Waals surface area contributed by atoms with Gasteiger partial charge in [0, 0.05) is 41.2 Å². The number of ether oxygens (including phenoxy) is 1. The molecule has 0 saturated carbocycles. The number of anilines is 2. The molecule has 0 radical (unpaired) electrons. The fourth-order valence-electron chi connectivity index (χ4n) is 5.03. The number of fused-ring (bicyclic) bond motifs is 2. The monoisotopic (exact) mass is 557 g/mol. The van der Waals surface area contributed by atoms with Gasteiger partial charge < -0.3 is 19.9 Å². The molecular weight excluding hydrogens is 537 g/mol. The number of carbonyl (C=O) groups excluding carboxylic acids is 1. The smallest absolute Gasteiger partial charge is 0.435 e. The number of aromatic nitrogens is 3. The molecule has 206 valence electrons. The van der Waals surface area contributed by atoms with E-state index in [2.05, 4.69) is 10.3 Å². The van der Waals surface area contributed by atoms with Gasteiger partial charge in [-0.25, -0.2) is 13.5 Å². The molecule has 1 aliphatic heterocycles. The predicted molar refractivity (Wildman–Crippen MR) is 136 cm³/mol. The molecule has 13 heteroatoms. The normalized spacial score (nSPS) is 14.4. The van der Waals surface area contributed by atoms with Crippen molar-refractivity contribution in [2.75, 3.05) is 24.3 Å². The molecule has 0 atom stereocenters. The van der Waals surface area contributed by atoms with Gasteiger partial charge in [0.15, 0.2) is 22.9 Å². The van der Waals surface area contributed by atoms with E-state index >= 15 is 8.78 Å². The van der Waals surface area contributed by atoms with Crippen LogP contribution in [-0.2, 0) is 11.0 Å². The van der Waals surface area contributed by atoms with Crippen molar-refractivity contribution in [3.8, 4) is 22.6 Å². The van der Waals surface area contributed by atoms with Gasteiger partial charge in [-0.1, -0.05) is 11.2 Å². The van der Waals surface area contributed by atoms with Crippen LogP contribution in [0.4, 0.5) is 33.5 Å². The van der Waals surface area contributed by atoms with Crippen LogP contribution in [-0.4, -0.2) is 34.5 Å². The third-order valence-corrected chi connectivity index (χ3v) is 6.96. The van der Waals surface area contributed by atoms with Gasteiger partial charge in [0.2, 0.25) is 5.91 Å². The standard InChI is InChI=1S/C27H20F5N5O3/c1-39-21-12-20-17(26(33)35-40-20)11-19(21)37-24-16(25(34-37)27(30,31)32)8-7-15(23(24)29)14-6-5-13(10-18(14)28)36-9-3-2-4-22(36)38/h5-8,10-12H,2-4,9H2,1H3,(H2,33,35). The second-order valence-corrected chi connectivity index (χ2v) is 9.34. The molecule has 0 spiro atoms. The number of hydrogen-bond donors (Lipinski definition) is 1. The first kappa shape index (κ1) is 25.6. The summed E-state index contributed by atoms with van der Waals surface area (Å²) in [4.78, 5) is 13.7. The third kappa shape index (κ3) is 4.00. The van der Waals surface area contributed by atoms with Gasteiger partial charge in [0.05, 0.1) is 12.5 Å². The highest BCUT2D eigenvalue weighted by atomic mass is 19.4. The number of piperidine rings is 1. The number of methoxy groups -OCH3 is 1. The Morgan fingerprint density at radius 3 is 2.50 bits per heavy atom. The van der Waals surface area contributed by atoms with Crippen molar-refractivity contribution in [2.45, 2.75) is 25.4 Å². The molecule has 3 heterocycles. The molecule has 2 aromatic heterocycles. The van der Waals surface area contributed by atoms with Gasteiger partial charge in [-0.2, -0.15) is 18.3 Å². The molecule has 1 aliphatic rings. The number of halogens is 5. The number of nitrogens with zero attached hydrogens (tertiary/aromatic N) is 4. The van der Waals surface area contributed by atoms with Crippen LogP contribution in [0.5, 0.6) is 5.75 Å². The minimum atomic E-state index is -4.93. The van der Waals surface area contributed by atoms with Crippen molar-refractivity contribution in [1.29, 1.82) is 0 Å². The number of amides is 1. The van der Waals surface area contributed by atoms with E-state index in [1.165, 1.54) is 36.3 Å². The molecule has 1 amide bonds. The number of carbonyl (C=O) groups is 1. The summed E-state index contributed by atoms with van der Waals surface area (Å²) < 4.78 is 84.8.